The van der Waals surface area contributed by atoms with Crippen LogP contribution in [0.4, 0.5) is 0 Å². The Kier molecular flexibility index (Phi) is 4.39. The molecular formula is C14H23N3O. The highest BCUT2D eigenvalue weighted by atomic mass is 16.2. The Morgan fingerprint density at radius 1 is 1.22 bits per heavy atom. The third-order valence-electron chi connectivity index (χ3n) is 3.60. The number of hydrogen-bond acceptors (Lipinski definition) is 2. The molecule has 1 aliphatic rings. The van der Waals surface area contributed by atoms with E-state index < -0.39 is 0 Å². The van der Waals surface area contributed by atoms with E-state index in [4.69, 9.17) is 0 Å². The number of amides is 1. The van der Waals surface area contributed by atoms with Gasteiger partial charge in [0.2, 0.25) is 5.91 Å². The predicted molar refractivity (Wildman–Crippen MR) is 71.4 cm³/mol. The van der Waals surface area contributed by atoms with E-state index >= 15 is 0 Å². The second-order valence-corrected chi connectivity index (χ2v) is 5.20. The Balaban J connectivity index is 1.85. The van der Waals surface area contributed by atoms with Crippen molar-refractivity contribution in [2.75, 3.05) is 13.1 Å². The molecule has 1 amide bonds. The van der Waals surface area contributed by atoms with Crippen LogP contribution in [0.1, 0.15) is 43.5 Å². The zero-order chi connectivity index (χ0) is 13.0. The van der Waals surface area contributed by atoms with Crippen molar-refractivity contribution in [2.24, 2.45) is 0 Å². The van der Waals surface area contributed by atoms with Crippen LogP contribution in [0.15, 0.2) is 6.07 Å². The minimum atomic E-state index is 0.282. The maximum Gasteiger partial charge on any atom is 0.224 e. The second kappa shape index (κ2) is 6.03. The topological polar surface area (TPSA) is 38.1 Å². The largest absolute Gasteiger partial charge is 0.343 e. The minimum Gasteiger partial charge on any atom is -0.343 e. The van der Waals surface area contributed by atoms with Crippen LogP contribution in [0, 0.1) is 13.8 Å². The fraction of sp³-hybridized carbons (Fsp3) is 0.714. The Bertz CT molecular complexity index is 403. The molecule has 100 valence electrons. The molecule has 0 aromatic carbocycles. The van der Waals surface area contributed by atoms with Crippen molar-refractivity contribution < 1.29 is 4.79 Å². The van der Waals surface area contributed by atoms with Gasteiger partial charge in [-0.2, -0.15) is 5.10 Å². The van der Waals surface area contributed by atoms with Gasteiger partial charge >= 0.3 is 0 Å². The van der Waals surface area contributed by atoms with Crippen LogP contribution in [-0.4, -0.2) is 33.7 Å². The van der Waals surface area contributed by atoms with Crippen LogP contribution >= 0.6 is 0 Å². The normalized spacial score (nSPS) is 16.7. The van der Waals surface area contributed by atoms with Crippen LogP contribution in [0.3, 0.4) is 0 Å². The summed E-state index contributed by atoms with van der Waals surface area (Å²) in [7, 11) is 0. The third-order valence-corrected chi connectivity index (χ3v) is 3.60. The molecule has 2 heterocycles. The van der Waals surface area contributed by atoms with Gasteiger partial charge in [0.15, 0.2) is 0 Å². The van der Waals surface area contributed by atoms with Crippen LogP contribution < -0.4 is 0 Å². The van der Waals surface area contributed by atoms with Crippen LogP contribution in [-0.2, 0) is 11.3 Å². The summed E-state index contributed by atoms with van der Waals surface area (Å²) in [4.78, 5) is 14.2. The molecule has 1 fully saturated rings. The van der Waals surface area contributed by atoms with Gasteiger partial charge in [0.1, 0.15) is 0 Å². The van der Waals surface area contributed by atoms with Gasteiger partial charge in [-0.15, -0.1) is 0 Å². The van der Waals surface area contributed by atoms with Gasteiger partial charge in [-0.3, -0.25) is 9.48 Å². The molecule has 4 heteroatoms. The zero-order valence-electron chi connectivity index (χ0n) is 11.5. The SMILES string of the molecule is Cc1cc(C)n(CCC(=O)N2CCCCCC2)n1. The van der Waals surface area contributed by atoms with Gasteiger partial charge in [0.25, 0.3) is 0 Å². The smallest absolute Gasteiger partial charge is 0.224 e. The molecule has 1 aromatic rings. The number of likely N-dealkylation sites (tertiary alicyclic amines) is 1. The minimum absolute atomic E-state index is 0.282. The summed E-state index contributed by atoms with van der Waals surface area (Å²) in [6.07, 6.45) is 5.42. The molecule has 2 rings (SSSR count). The Morgan fingerprint density at radius 3 is 2.44 bits per heavy atom. The van der Waals surface area contributed by atoms with Crippen molar-refractivity contribution in [1.29, 1.82) is 0 Å². The number of aromatic nitrogens is 2. The molecule has 1 saturated heterocycles. The number of carbonyl (C=O) groups is 1. The zero-order valence-corrected chi connectivity index (χ0v) is 11.5. The fourth-order valence-electron chi connectivity index (χ4n) is 2.58. The lowest BCUT2D eigenvalue weighted by atomic mass is 10.2. The maximum absolute atomic E-state index is 12.1. The summed E-state index contributed by atoms with van der Waals surface area (Å²) in [5.41, 5.74) is 2.16. The molecule has 0 spiro atoms. The summed E-state index contributed by atoms with van der Waals surface area (Å²) in [5.74, 6) is 0.282. The van der Waals surface area contributed by atoms with Crippen LogP contribution in [0.2, 0.25) is 0 Å². The molecule has 0 saturated carbocycles. The van der Waals surface area contributed by atoms with E-state index in [1.54, 1.807) is 0 Å². The van der Waals surface area contributed by atoms with Crippen molar-refractivity contribution in [3.8, 4) is 0 Å². The number of nitrogens with zero attached hydrogens (tertiary/aromatic N) is 3. The molecule has 0 N–H and O–H groups in total. The van der Waals surface area contributed by atoms with Gasteiger partial charge < -0.3 is 4.90 Å². The lowest BCUT2D eigenvalue weighted by Crippen LogP contribution is -2.32. The first-order valence-corrected chi connectivity index (χ1v) is 6.95. The van der Waals surface area contributed by atoms with E-state index in [1.807, 2.05) is 23.4 Å². The van der Waals surface area contributed by atoms with Gasteiger partial charge in [-0.1, -0.05) is 12.8 Å². The van der Waals surface area contributed by atoms with E-state index in [1.165, 1.54) is 12.8 Å². The molecule has 18 heavy (non-hydrogen) atoms. The second-order valence-electron chi connectivity index (χ2n) is 5.20. The predicted octanol–water partition coefficient (Wildman–Crippen LogP) is 2.29. The fourth-order valence-corrected chi connectivity index (χ4v) is 2.58. The van der Waals surface area contributed by atoms with Crippen molar-refractivity contribution in [1.82, 2.24) is 14.7 Å². The van der Waals surface area contributed by atoms with Gasteiger partial charge in [-0.05, 0) is 32.8 Å². The molecule has 0 radical (unpaired) electrons. The molecule has 0 atom stereocenters. The van der Waals surface area contributed by atoms with Crippen molar-refractivity contribution >= 4 is 5.91 Å². The third kappa shape index (κ3) is 3.34. The summed E-state index contributed by atoms with van der Waals surface area (Å²) >= 11 is 0. The van der Waals surface area contributed by atoms with Crippen LogP contribution in [0.25, 0.3) is 0 Å². The standard InChI is InChI=1S/C14H23N3O/c1-12-11-13(2)17(15-12)10-7-14(18)16-8-5-3-4-6-9-16/h11H,3-10H2,1-2H3. The lowest BCUT2D eigenvalue weighted by molar-refractivity contribution is -0.131. The highest BCUT2D eigenvalue weighted by Crippen LogP contribution is 2.11. The molecular weight excluding hydrogens is 226 g/mol. The van der Waals surface area contributed by atoms with Gasteiger partial charge in [0.05, 0.1) is 5.69 Å². The van der Waals surface area contributed by atoms with Gasteiger partial charge in [0, 0.05) is 31.7 Å². The van der Waals surface area contributed by atoms with E-state index in [-0.39, 0.29) is 5.91 Å². The molecule has 1 aliphatic heterocycles. The molecule has 0 unspecified atom stereocenters. The number of carbonyl (C=O) groups excluding carboxylic acids is 1. The Hall–Kier alpha value is -1.32. The monoisotopic (exact) mass is 249 g/mol. The summed E-state index contributed by atoms with van der Waals surface area (Å²) in [5, 5.41) is 4.39. The molecule has 1 aromatic heterocycles. The van der Waals surface area contributed by atoms with Crippen molar-refractivity contribution in [3.63, 3.8) is 0 Å². The Morgan fingerprint density at radius 2 is 1.89 bits per heavy atom. The van der Waals surface area contributed by atoms with E-state index in [2.05, 4.69) is 11.2 Å². The van der Waals surface area contributed by atoms with E-state index in [0.717, 1.165) is 37.3 Å². The molecule has 0 aliphatic carbocycles. The first-order chi connectivity index (χ1) is 8.66. The highest BCUT2D eigenvalue weighted by molar-refractivity contribution is 5.76. The van der Waals surface area contributed by atoms with E-state index in [9.17, 15) is 4.79 Å². The van der Waals surface area contributed by atoms with E-state index in [0.29, 0.717) is 13.0 Å². The quantitative estimate of drug-likeness (QED) is 0.824. The summed E-state index contributed by atoms with van der Waals surface area (Å²) < 4.78 is 1.94. The van der Waals surface area contributed by atoms with Crippen molar-refractivity contribution in [3.05, 3.63) is 17.5 Å². The Labute approximate surface area is 109 Å². The molecule has 4 nitrogen and oxygen atoms in total. The number of rotatable bonds is 3. The maximum atomic E-state index is 12.1. The molecule has 0 bridgehead atoms. The highest BCUT2D eigenvalue weighted by Gasteiger charge is 2.15. The number of aryl methyl sites for hydroxylation is 3. The first-order valence-electron chi connectivity index (χ1n) is 6.95. The van der Waals surface area contributed by atoms with Gasteiger partial charge in [-0.25, -0.2) is 0 Å². The average Bonchev–Trinajstić information content (AvgIpc) is 2.59. The number of hydrogen-bond donors (Lipinski definition) is 0. The van der Waals surface area contributed by atoms with Crippen LogP contribution in [0.5, 0.6) is 0 Å². The summed E-state index contributed by atoms with van der Waals surface area (Å²) in [6.45, 7) is 6.61. The van der Waals surface area contributed by atoms with Crippen molar-refractivity contribution in [2.45, 2.75) is 52.5 Å². The average molecular weight is 249 g/mol. The summed E-state index contributed by atoms with van der Waals surface area (Å²) in [6, 6.07) is 2.05. The lowest BCUT2D eigenvalue weighted by Gasteiger charge is -2.20. The first kappa shape index (κ1) is 13.1.